The molecule has 5 heteroatoms. The van der Waals surface area contributed by atoms with Gasteiger partial charge in [-0.25, -0.2) is 4.98 Å². The minimum atomic E-state index is 0.0471. The van der Waals surface area contributed by atoms with Crippen molar-refractivity contribution in [1.82, 2.24) is 9.55 Å². The number of rotatable bonds is 6. The normalized spacial score (nSPS) is 16.0. The number of nitrogens with zero attached hydrogens (tertiary/aromatic N) is 3. The Bertz CT molecular complexity index is 1310. The molecule has 1 amide bonds. The third-order valence-corrected chi connectivity index (χ3v) is 6.58. The first kappa shape index (κ1) is 21.3. The summed E-state index contributed by atoms with van der Waals surface area (Å²) in [6.07, 6.45) is 0.467. The highest BCUT2D eigenvalue weighted by Gasteiger charge is 2.35. The van der Waals surface area contributed by atoms with Gasteiger partial charge in [-0.1, -0.05) is 35.9 Å². The molecule has 33 heavy (non-hydrogen) atoms. The number of hydrogen-bond donors (Lipinski definition) is 0. The van der Waals surface area contributed by atoms with E-state index in [1.807, 2.05) is 41.3 Å². The number of imidazole rings is 1. The average molecular weight is 440 g/mol. The second-order valence-electron chi connectivity index (χ2n) is 8.95. The number of ether oxygens (including phenoxy) is 1. The highest BCUT2D eigenvalue weighted by Crippen LogP contribution is 2.34. The van der Waals surface area contributed by atoms with Crippen molar-refractivity contribution in [3.8, 4) is 5.75 Å². The monoisotopic (exact) mass is 439 g/mol. The molecule has 0 aliphatic carbocycles. The van der Waals surface area contributed by atoms with Gasteiger partial charge < -0.3 is 14.2 Å². The Balaban J connectivity index is 1.40. The molecule has 2 heterocycles. The van der Waals surface area contributed by atoms with Gasteiger partial charge in [-0.05, 0) is 68.3 Å². The Kier molecular flexibility index (Phi) is 5.63. The maximum absolute atomic E-state index is 13.0. The Labute approximate surface area is 194 Å². The third kappa shape index (κ3) is 4.23. The second-order valence-corrected chi connectivity index (χ2v) is 8.95. The summed E-state index contributed by atoms with van der Waals surface area (Å²) < 4.78 is 8.24. The van der Waals surface area contributed by atoms with Crippen molar-refractivity contribution in [3.63, 3.8) is 0 Å². The van der Waals surface area contributed by atoms with Crippen molar-refractivity contribution >= 4 is 22.6 Å². The molecule has 0 saturated carbocycles. The van der Waals surface area contributed by atoms with Gasteiger partial charge in [-0.3, -0.25) is 4.79 Å². The van der Waals surface area contributed by atoms with E-state index in [1.54, 1.807) is 0 Å². The summed E-state index contributed by atoms with van der Waals surface area (Å²) in [5.41, 5.74) is 6.65. The van der Waals surface area contributed by atoms with Gasteiger partial charge in [-0.15, -0.1) is 0 Å². The molecule has 1 aliphatic heterocycles. The molecule has 1 aromatic heterocycles. The Morgan fingerprint density at radius 3 is 2.55 bits per heavy atom. The molecule has 5 rings (SSSR count). The first-order valence-electron chi connectivity index (χ1n) is 11.5. The first-order valence-corrected chi connectivity index (χ1v) is 11.5. The molecule has 0 spiro atoms. The van der Waals surface area contributed by atoms with Gasteiger partial charge in [0.25, 0.3) is 0 Å². The Morgan fingerprint density at radius 1 is 0.970 bits per heavy atom. The number of para-hydroxylation sites is 2. The summed E-state index contributed by atoms with van der Waals surface area (Å²) in [5, 5.41) is 0. The Hall–Kier alpha value is -3.60. The number of hydrogen-bond acceptors (Lipinski definition) is 3. The van der Waals surface area contributed by atoms with Crippen LogP contribution >= 0.6 is 0 Å². The van der Waals surface area contributed by atoms with Crippen molar-refractivity contribution in [2.75, 3.05) is 18.1 Å². The maximum Gasteiger partial charge on any atom is 0.227 e. The first-order chi connectivity index (χ1) is 16.0. The zero-order valence-corrected chi connectivity index (χ0v) is 19.4. The van der Waals surface area contributed by atoms with Crippen LogP contribution in [0.4, 0.5) is 5.69 Å². The van der Waals surface area contributed by atoms with Crippen LogP contribution in [0, 0.1) is 20.8 Å². The largest absolute Gasteiger partial charge is 0.492 e. The zero-order chi connectivity index (χ0) is 22.9. The van der Waals surface area contributed by atoms with Crippen LogP contribution in [0.1, 0.15) is 34.9 Å². The number of aryl methyl sites for hydroxylation is 3. The summed E-state index contributed by atoms with van der Waals surface area (Å²) in [6.45, 7) is 8.11. The van der Waals surface area contributed by atoms with Gasteiger partial charge in [0.05, 0.1) is 17.6 Å². The van der Waals surface area contributed by atoms with E-state index >= 15 is 0 Å². The zero-order valence-electron chi connectivity index (χ0n) is 19.4. The molecule has 168 valence electrons. The van der Waals surface area contributed by atoms with E-state index in [-0.39, 0.29) is 11.8 Å². The summed E-state index contributed by atoms with van der Waals surface area (Å²) in [5.74, 6) is 2.02. The molecule has 1 unspecified atom stereocenters. The fourth-order valence-electron chi connectivity index (χ4n) is 4.55. The minimum absolute atomic E-state index is 0.0471. The summed E-state index contributed by atoms with van der Waals surface area (Å²) in [6, 6.07) is 22.5. The van der Waals surface area contributed by atoms with E-state index in [9.17, 15) is 4.79 Å². The lowest BCUT2D eigenvalue weighted by atomic mass is 10.1. The lowest BCUT2D eigenvalue weighted by Gasteiger charge is -2.18. The molecule has 0 radical (unpaired) electrons. The molecule has 1 atom stereocenters. The van der Waals surface area contributed by atoms with Gasteiger partial charge in [0.2, 0.25) is 5.91 Å². The van der Waals surface area contributed by atoms with Gasteiger partial charge in [0, 0.05) is 24.6 Å². The van der Waals surface area contributed by atoms with Crippen LogP contribution in [0.5, 0.6) is 5.75 Å². The van der Waals surface area contributed by atoms with E-state index < -0.39 is 0 Å². The summed E-state index contributed by atoms with van der Waals surface area (Å²) >= 11 is 0. The third-order valence-electron chi connectivity index (χ3n) is 6.58. The van der Waals surface area contributed by atoms with E-state index in [0.29, 0.717) is 26.1 Å². The molecule has 4 aromatic rings. The predicted octanol–water partition coefficient (Wildman–Crippen LogP) is 5.56. The van der Waals surface area contributed by atoms with Crippen LogP contribution in [0.25, 0.3) is 11.0 Å². The van der Waals surface area contributed by atoms with Crippen molar-refractivity contribution in [3.05, 3.63) is 89.2 Å². The number of benzene rings is 3. The SMILES string of the molecule is Cc1ccc(OCCn2c(C3CC(=O)N(c4ccc(C)c(C)c4)C3)nc3ccccc32)cc1. The number of carbonyl (C=O) groups excluding carboxylic acids is 1. The second kappa shape index (κ2) is 8.74. The highest BCUT2D eigenvalue weighted by molar-refractivity contribution is 5.96. The molecule has 0 bridgehead atoms. The predicted molar refractivity (Wildman–Crippen MR) is 132 cm³/mol. The van der Waals surface area contributed by atoms with Crippen LogP contribution in [0.15, 0.2) is 66.7 Å². The van der Waals surface area contributed by atoms with E-state index in [1.165, 1.54) is 16.7 Å². The molecule has 1 saturated heterocycles. The van der Waals surface area contributed by atoms with E-state index in [0.717, 1.165) is 28.3 Å². The number of amides is 1. The summed E-state index contributed by atoms with van der Waals surface area (Å²) in [7, 11) is 0. The van der Waals surface area contributed by atoms with Crippen molar-refractivity contribution in [1.29, 1.82) is 0 Å². The molecular weight excluding hydrogens is 410 g/mol. The Morgan fingerprint density at radius 2 is 1.76 bits per heavy atom. The minimum Gasteiger partial charge on any atom is -0.492 e. The van der Waals surface area contributed by atoms with Crippen LogP contribution in [0.2, 0.25) is 0 Å². The van der Waals surface area contributed by atoms with E-state index in [2.05, 4.69) is 55.7 Å². The lowest BCUT2D eigenvalue weighted by molar-refractivity contribution is -0.117. The number of anilines is 1. The maximum atomic E-state index is 13.0. The molecule has 5 nitrogen and oxygen atoms in total. The van der Waals surface area contributed by atoms with Crippen LogP contribution in [0.3, 0.4) is 0 Å². The standard InChI is InChI=1S/C28H29N3O2/c1-19-8-12-24(13-9-19)33-15-14-30-26-7-5-4-6-25(26)29-28(30)22-17-27(32)31(18-22)23-11-10-20(2)21(3)16-23/h4-13,16,22H,14-15,17-18H2,1-3H3. The molecule has 0 N–H and O–H groups in total. The van der Waals surface area contributed by atoms with Gasteiger partial charge in [-0.2, -0.15) is 0 Å². The van der Waals surface area contributed by atoms with Crippen LogP contribution in [-0.2, 0) is 11.3 Å². The van der Waals surface area contributed by atoms with Gasteiger partial charge >= 0.3 is 0 Å². The fourth-order valence-corrected chi connectivity index (χ4v) is 4.55. The topological polar surface area (TPSA) is 47.4 Å². The molecule has 3 aromatic carbocycles. The quantitative estimate of drug-likeness (QED) is 0.395. The van der Waals surface area contributed by atoms with Crippen molar-refractivity contribution in [2.24, 2.45) is 0 Å². The van der Waals surface area contributed by atoms with Gasteiger partial charge in [0.15, 0.2) is 0 Å². The van der Waals surface area contributed by atoms with Gasteiger partial charge in [0.1, 0.15) is 18.2 Å². The fraction of sp³-hybridized carbons (Fsp3) is 0.286. The highest BCUT2D eigenvalue weighted by atomic mass is 16.5. The number of aromatic nitrogens is 2. The number of carbonyl (C=O) groups is 1. The lowest BCUT2D eigenvalue weighted by Crippen LogP contribution is -2.24. The number of fused-ring (bicyclic) bond motifs is 1. The molecule has 1 aliphatic rings. The van der Waals surface area contributed by atoms with E-state index in [4.69, 9.17) is 9.72 Å². The van der Waals surface area contributed by atoms with Crippen molar-refractivity contribution < 1.29 is 9.53 Å². The van der Waals surface area contributed by atoms with Crippen LogP contribution in [-0.4, -0.2) is 28.6 Å². The van der Waals surface area contributed by atoms with Crippen molar-refractivity contribution in [2.45, 2.75) is 39.7 Å². The molecule has 1 fully saturated rings. The summed E-state index contributed by atoms with van der Waals surface area (Å²) in [4.78, 5) is 19.8. The smallest absolute Gasteiger partial charge is 0.227 e. The molecular formula is C28H29N3O2. The van der Waals surface area contributed by atoms with Crippen LogP contribution < -0.4 is 9.64 Å². The average Bonchev–Trinajstić information content (AvgIpc) is 3.38.